The maximum absolute atomic E-state index is 6.09. The van der Waals surface area contributed by atoms with Gasteiger partial charge in [-0.3, -0.25) is 0 Å². The Morgan fingerprint density at radius 2 is 1.95 bits per heavy atom. The SMILES string of the molecule is CCCc1nc(Cl)cc(Nc2ccc(C)c(Cl)c2)n1. The first-order chi connectivity index (χ1) is 9.08. The molecule has 0 aliphatic carbocycles. The van der Waals surface area contributed by atoms with Crippen LogP contribution in [0.5, 0.6) is 0 Å². The highest BCUT2D eigenvalue weighted by Gasteiger charge is 2.04. The van der Waals surface area contributed by atoms with Gasteiger partial charge in [0.1, 0.15) is 16.8 Å². The molecule has 2 rings (SSSR count). The minimum absolute atomic E-state index is 0.444. The summed E-state index contributed by atoms with van der Waals surface area (Å²) in [7, 11) is 0. The first-order valence-corrected chi connectivity index (χ1v) is 6.90. The molecular weight excluding hydrogens is 281 g/mol. The molecule has 100 valence electrons. The van der Waals surface area contributed by atoms with Crippen molar-refractivity contribution in [3.8, 4) is 0 Å². The van der Waals surface area contributed by atoms with Crippen LogP contribution in [0.2, 0.25) is 10.2 Å². The van der Waals surface area contributed by atoms with Crippen LogP contribution in [-0.4, -0.2) is 9.97 Å². The molecule has 1 N–H and O–H groups in total. The number of hydrogen-bond acceptors (Lipinski definition) is 3. The smallest absolute Gasteiger partial charge is 0.135 e. The lowest BCUT2D eigenvalue weighted by Crippen LogP contribution is -2.00. The van der Waals surface area contributed by atoms with Crippen molar-refractivity contribution in [3.63, 3.8) is 0 Å². The van der Waals surface area contributed by atoms with Gasteiger partial charge in [-0.05, 0) is 31.0 Å². The normalized spacial score (nSPS) is 10.5. The van der Waals surface area contributed by atoms with Crippen molar-refractivity contribution in [2.45, 2.75) is 26.7 Å². The molecule has 0 saturated heterocycles. The summed E-state index contributed by atoms with van der Waals surface area (Å²) in [5, 5.41) is 4.36. The summed E-state index contributed by atoms with van der Waals surface area (Å²) < 4.78 is 0. The van der Waals surface area contributed by atoms with Gasteiger partial charge in [-0.25, -0.2) is 9.97 Å². The summed E-state index contributed by atoms with van der Waals surface area (Å²) in [5.41, 5.74) is 1.92. The predicted octanol–water partition coefficient (Wildman–Crippen LogP) is 4.79. The van der Waals surface area contributed by atoms with Gasteiger partial charge in [0.15, 0.2) is 0 Å². The molecule has 2 aromatic rings. The summed E-state index contributed by atoms with van der Waals surface area (Å²) in [6.45, 7) is 4.05. The Bertz CT molecular complexity index is 585. The highest BCUT2D eigenvalue weighted by Crippen LogP contribution is 2.23. The van der Waals surface area contributed by atoms with Gasteiger partial charge in [0.25, 0.3) is 0 Å². The van der Waals surface area contributed by atoms with E-state index < -0.39 is 0 Å². The maximum atomic E-state index is 6.09. The van der Waals surface area contributed by atoms with E-state index in [0.717, 1.165) is 34.9 Å². The van der Waals surface area contributed by atoms with Gasteiger partial charge in [-0.1, -0.05) is 36.2 Å². The molecule has 19 heavy (non-hydrogen) atoms. The molecule has 0 aliphatic rings. The van der Waals surface area contributed by atoms with Crippen molar-refractivity contribution in [2.24, 2.45) is 0 Å². The Balaban J connectivity index is 2.24. The highest BCUT2D eigenvalue weighted by molar-refractivity contribution is 6.31. The zero-order chi connectivity index (χ0) is 13.8. The Morgan fingerprint density at radius 1 is 1.16 bits per heavy atom. The van der Waals surface area contributed by atoms with E-state index in [1.165, 1.54) is 0 Å². The van der Waals surface area contributed by atoms with Crippen molar-refractivity contribution < 1.29 is 0 Å². The first kappa shape index (κ1) is 14.1. The minimum Gasteiger partial charge on any atom is -0.340 e. The standard InChI is InChI=1S/C14H15Cl2N3/c1-3-4-13-18-12(16)8-14(19-13)17-10-6-5-9(2)11(15)7-10/h5-8H,3-4H2,1-2H3,(H,17,18,19). The topological polar surface area (TPSA) is 37.8 Å². The van der Waals surface area contributed by atoms with Crippen LogP contribution in [0.3, 0.4) is 0 Å². The van der Waals surface area contributed by atoms with Crippen LogP contribution in [0.1, 0.15) is 24.7 Å². The summed E-state index contributed by atoms with van der Waals surface area (Å²) in [4.78, 5) is 8.61. The van der Waals surface area contributed by atoms with Crippen LogP contribution in [0.15, 0.2) is 24.3 Å². The number of nitrogens with zero attached hydrogens (tertiary/aromatic N) is 2. The number of halogens is 2. The Morgan fingerprint density at radius 3 is 2.63 bits per heavy atom. The van der Waals surface area contributed by atoms with E-state index in [4.69, 9.17) is 23.2 Å². The van der Waals surface area contributed by atoms with Gasteiger partial charge in [0.05, 0.1) is 0 Å². The van der Waals surface area contributed by atoms with E-state index in [1.807, 2.05) is 25.1 Å². The third-order valence-electron chi connectivity index (χ3n) is 2.66. The molecule has 0 spiro atoms. The summed E-state index contributed by atoms with van der Waals surface area (Å²) in [6, 6.07) is 7.48. The molecule has 1 aromatic heterocycles. The van der Waals surface area contributed by atoms with Crippen LogP contribution in [0.4, 0.5) is 11.5 Å². The monoisotopic (exact) mass is 295 g/mol. The Labute approximate surface area is 123 Å². The number of aryl methyl sites for hydroxylation is 2. The lowest BCUT2D eigenvalue weighted by molar-refractivity contribution is 0.837. The fraction of sp³-hybridized carbons (Fsp3) is 0.286. The van der Waals surface area contributed by atoms with Crippen molar-refractivity contribution in [1.29, 1.82) is 0 Å². The third-order valence-corrected chi connectivity index (χ3v) is 3.26. The fourth-order valence-electron chi connectivity index (χ4n) is 1.68. The van der Waals surface area contributed by atoms with Crippen molar-refractivity contribution in [2.75, 3.05) is 5.32 Å². The van der Waals surface area contributed by atoms with Crippen LogP contribution in [-0.2, 0) is 6.42 Å². The lowest BCUT2D eigenvalue weighted by Gasteiger charge is -2.09. The van der Waals surface area contributed by atoms with E-state index in [-0.39, 0.29) is 0 Å². The minimum atomic E-state index is 0.444. The van der Waals surface area contributed by atoms with Crippen molar-refractivity contribution in [1.82, 2.24) is 9.97 Å². The van der Waals surface area contributed by atoms with Crippen LogP contribution < -0.4 is 5.32 Å². The fourth-order valence-corrected chi connectivity index (χ4v) is 2.06. The predicted molar refractivity (Wildman–Crippen MR) is 80.5 cm³/mol. The molecule has 0 saturated carbocycles. The van der Waals surface area contributed by atoms with Crippen LogP contribution in [0.25, 0.3) is 0 Å². The molecule has 0 aliphatic heterocycles. The molecule has 0 fully saturated rings. The van der Waals surface area contributed by atoms with E-state index in [0.29, 0.717) is 11.0 Å². The molecule has 0 atom stereocenters. The molecule has 3 nitrogen and oxygen atoms in total. The number of hydrogen-bond donors (Lipinski definition) is 1. The Kier molecular flexibility index (Phi) is 4.61. The number of anilines is 2. The largest absolute Gasteiger partial charge is 0.340 e. The quantitative estimate of drug-likeness (QED) is 0.824. The van der Waals surface area contributed by atoms with E-state index >= 15 is 0 Å². The zero-order valence-corrected chi connectivity index (χ0v) is 12.4. The molecule has 1 aromatic carbocycles. The van der Waals surface area contributed by atoms with Crippen molar-refractivity contribution in [3.05, 3.63) is 45.8 Å². The molecule has 0 unspecified atom stereocenters. The van der Waals surface area contributed by atoms with E-state index in [1.54, 1.807) is 6.07 Å². The molecule has 1 heterocycles. The van der Waals surface area contributed by atoms with Gasteiger partial charge in [-0.2, -0.15) is 0 Å². The second kappa shape index (κ2) is 6.22. The van der Waals surface area contributed by atoms with E-state index in [2.05, 4.69) is 22.2 Å². The third kappa shape index (κ3) is 3.82. The van der Waals surface area contributed by atoms with E-state index in [9.17, 15) is 0 Å². The molecular formula is C14H15Cl2N3. The highest BCUT2D eigenvalue weighted by atomic mass is 35.5. The summed E-state index contributed by atoms with van der Waals surface area (Å²) in [5.74, 6) is 1.43. The number of nitrogens with one attached hydrogen (secondary N) is 1. The second-order valence-electron chi connectivity index (χ2n) is 4.33. The van der Waals surface area contributed by atoms with Gasteiger partial charge >= 0.3 is 0 Å². The molecule has 5 heteroatoms. The second-order valence-corrected chi connectivity index (χ2v) is 5.13. The number of aromatic nitrogens is 2. The Hall–Kier alpha value is -1.32. The van der Waals surface area contributed by atoms with Crippen LogP contribution in [0, 0.1) is 6.92 Å². The number of rotatable bonds is 4. The van der Waals surface area contributed by atoms with Crippen LogP contribution >= 0.6 is 23.2 Å². The lowest BCUT2D eigenvalue weighted by atomic mass is 10.2. The molecule has 0 radical (unpaired) electrons. The molecule has 0 amide bonds. The van der Waals surface area contributed by atoms with Gasteiger partial charge in [-0.15, -0.1) is 0 Å². The van der Waals surface area contributed by atoms with Gasteiger partial charge < -0.3 is 5.32 Å². The van der Waals surface area contributed by atoms with Gasteiger partial charge in [0, 0.05) is 23.2 Å². The average Bonchev–Trinajstić information content (AvgIpc) is 2.33. The average molecular weight is 296 g/mol. The first-order valence-electron chi connectivity index (χ1n) is 6.15. The van der Waals surface area contributed by atoms with Crippen molar-refractivity contribution >= 4 is 34.7 Å². The maximum Gasteiger partial charge on any atom is 0.135 e. The summed E-state index contributed by atoms with van der Waals surface area (Å²) >= 11 is 12.1. The number of benzene rings is 1. The van der Waals surface area contributed by atoms with Gasteiger partial charge in [0.2, 0.25) is 0 Å². The molecule has 0 bridgehead atoms. The zero-order valence-electron chi connectivity index (χ0n) is 10.9. The summed E-state index contributed by atoms with van der Waals surface area (Å²) in [6.07, 6.45) is 1.79.